The number of carbonyl (C=O) groups is 1. The Morgan fingerprint density at radius 1 is 1.20 bits per heavy atom. The topological polar surface area (TPSA) is 57.7 Å². The lowest BCUT2D eigenvalue weighted by Gasteiger charge is -2.23. The van der Waals surface area contributed by atoms with Gasteiger partial charge in [-0.2, -0.15) is 0 Å². The van der Waals surface area contributed by atoms with E-state index < -0.39 is 0 Å². The molecule has 3 aliphatic rings. The van der Waals surface area contributed by atoms with Crippen LogP contribution in [0.5, 0.6) is 5.88 Å². The van der Waals surface area contributed by atoms with Crippen molar-refractivity contribution < 1.29 is 9.53 Å². The van der Waals surface area contributed by atoms with Gasteiger partial charge < -0.3 is 15.0 Å². The molecule has 4 rings (SSSR count). The average Bonchev–Trinajstić information content (AvgIpc) is 3.11. The first-order valence-electron chi connectivity index (χ1n) is 9.62. The first-order chi connectivity index (χ1) is 12.3. The predicted octanol–water partition coefficient (Wildman–Crippen LogP) is 2.25. The van der Waals surface area contributed by atoms with Gasteiger partial charge in [-0.05, 0) is 56.7 Å². The molecular weight excluding hydrogens is 316 g/mol. The fourth-order valence-electron chi connectivity index (χ4n) is 3.71. The smallest absolute Gasteiger partial charge is 0.317 e. The largest absolute Gasteiger partial charge is 0.477 e. The third kappa shape index (κ3) is 4.42. The molecule has 1 N–H and O–H groups in total. The van der Waals surface area contributed by atoms with Gasteiger partial charge in [-0.1, -0.05) is 6.07 Å². The van der Waals surface area contributed by atoms with E-state index in [-0.39, 0.29) is 6.03 Å². The van der Waals surface area contributed by atoms with Crippen LogP contribution < -0.4 is 10.1 Å². The van der Waals surface area contributed by atoms with Crippen LogP contribution in [0.1, 0.15) is 37.7 Å². The molecule has 3 fully saturated rings. The second-order valence-corrected chi connectivity index (χ2v) is 7.55. The maximum Gasteiger partial charge on any atom is 0.317 e. The minimum Gasteiger partial charge on any atom is -0.477 e. The highest BCUT2D eigenvalue weighted by Gasteiger charge is 2.31. The molecule has 0 radical (unpaired) electrons. The summed E-state index contributed by atoms with van der Waals surface area (Å²) in [5.74, 6) is 1.40. The molecule has 0 aromatic carbocycles. The molecule has 2 aliphatic heterocycles. The highest BCUT2D eigenvalue weighted by molar-refractivity contribution is 5.74. The van der Waals surface area contributed by atoms with Crippen molar-refractivity contribution in [3.8, 4) is 5.88 Å². The number of urea groups is 1. The fraction of sp³-hybridized carbons (Fsp3) is 0.684. The number of rotatable bonds is 6. The standard InChI is InChI=1S/C19H28N4O2/c24-19(23-10-7-17(13-23)22-8-1-2-9-22)21-12-16-5-6-18(20-11-16)25-14-15-3-4-15/h5-6,11,15,17H,1-4,7-10,12-14H2,(H,21,24). The van der Waals surface area contributed by atoms with E-state index in [2.05, 4.69) is 15.2 Å². The third-order valence-electron chi connectivity index (χ3n) is 5.51. The van der Waals surface area contributed by atoms with Crippen molar-refractivity contribution in [1.82, 2.24) is 20.1 Å². The minimum atomic E-state index is 0.0377. The van der Waals surface area contributed by atoms with Crippen LogP contribution in [0.2, 0.25) is 0 Å². The summed E-state index contributed by atoms with van der Waals surface area (Å²) in [6.45, 7) is 5.40. The second kappa shape index (κ2) is 7.60. The van der Waals surface area contributed by atoms with Gasteiger partial charge >= 0.3 is 6.03 Å². The van der Waals surface area contributed by atoms with Crippen molar-refractivity contribution in [3.05, 3.63) is 23.9 Å². The molecule has 3 heterocycles. The number of nitrogens with one attached hydrogen (secondary N) is 1. The maximum atomic E-state index is 12.4. The number of ether oxygens (including phenoxy) is 1. The number of aromatic nitrogens is 1. The van der Waals surface area contributed by atoms with Crippen LogP contribution in [-0.4, -0.2) is 59.6 Å². The molecule has 1 aromatic heterocycles. The lowest BCUT2D eigenvalue weighted by molar-refractivity contribution is 0.198. The number of hydrogen-bond donors (Lipinski definition) is 1. The molecule has 25 heavy (non-hydrogen) atoms. The highest BCUT2D eigenvalue weighted by atomic mass is 16.5. The van der Waals surface area contributed by atoms with Gasteiger partial charge in [-0.3, -0.25) is 4.90 Å². The number of carbonyl (C=O) groups excluding carboxylic acids is 1. The summed E-state index contributed by atoms with van der Waals surface area (Å²) in [5.41, 5.74) is 1.00. The van der Waals surface area contributed by atoms with Crippen LogP contribution in [0.4, 0.5) is 4.79 Å². The van der Waals surface area contributed by atoms with Gasteiger partial charge in [0.2, 0.25) is 5.88 Å². The molecule has 2 saturated heterocycles. The van der Waals surface area contributed by atoms with Crippen LogP contribution >= 0.6 is 0 Å². The van der Waals surface area contributed by atoms with Gasteiger partial charge in [0, 0.05) is 37.9 Å². The zero-order chi connectivity index (χ0) is 17.1. The van der Waals surface area contributed by atoms with E-state index in [0.29, 0.717) is 18.5 Å². The van der Waals surface area contributed by atoms with Crippen LogP contribution in [-0.2, 0) is 6.54 Å². The summed E-state index contributed by atoms with van der Waals surface area (Å²) in [7, 11) is 0. The first-order valence-corrected chi connectivity index (χ1v) is 9.62. The van der Waals surface area contributed by atoms with E-state index in [9.17, 15) is 4.79 Å². The van der Waals surface area contributed by atoms with E-state index in [1.807, 2.05) is 17.0 Å². The molecule has 1 unspecified atom stereocenters. The Balaban J connectivity index is 1.20. The van der Waals surface area contributed by atoms with E-state index in [0.717, 1.165) is 37.6 Å². The summed E-state index contributed by atoms with van der Waals surface area (Å²) in [5, 5.41) is 3.02. The van der Waals surface area contributed by atoms with Crippen molar-refractivity contribution in [2.75, 3.05) is 32.8 Å². The number of hydrogen-bond acceptors (Lipinski definition) is 4. The van der Waals surface area contributed by atoms with Crippen molar-refractivity contribution >= 4 is 6.03 Å². The second-order valence-electron chi connectivity index (χ2n) is 7.55. The lowest BCUT2D eigenvalue weighted by atomic mass is 10.2. The predicted molar refractivity (Wildman–Crippen MR) is 95.5 cm³/mol. The Kier molecular flexibility index (Phi) is 5.06. The Morgan fingerprint density at radius 2 is 2.04 bits per heavy atom. The SMILES string of the molecule is O=C(NCc1ccc(OCC2CC2)nc1)N1CCC(N2CCCC2)C1. The lowest BCUT2D eigenvalue weighted by Crippen LogP contribution is -2.41. The fourth-order valence-corrected chi connectivity index (χ4v) is 3.71. The van der Waals surface area contributed by atoms with E-state index >= 15 is 0 Å². The number of pyridine rings is 1. The van der Waals surface area contributed by atoms with Crippen molar-refractivity contribution in [2.24, 2.45) is 5.92 Å². The van der Waals surface area contributed by atoms with Gasteiger partial charge in [0.05, 0.1) is 6.61 Å². The molecule has 1 aliphatic carbocycles. The summed E-state index contributed by atoms with van der Waals surface area (Å²) < 4.78 is 5.64. The van der Waals surface area contributed by atoms with E-state index in [4.69, 9.17) is 4.74 Å². The monoisotopic (exact) mass is 344 g/mol. The quantitative estimate of drug-likeness (QED) is 0.860. The number of nitrogens with zero attached hydrogens (tertiary/aromatic N) is 3. The Morgan fingerprint density at radius 3 is 2.76 bits per heavy atom. The first kappa shape index (κ1) is 16.6. The van der Waals surface area contributed by atoms with Gasteiger partial charge in [0.25, 0.3) is 0 Å². The zero-order valence-electron chi connectivity index (χ0n) is 14.8. The average molecular weight is 344 g/mol. The van der Waals surface area contributed by atoms with Gasteiger partial charge in [0.1, 0.15) is 0 Å². The van der Waals surface area contributed by atoms with Gasteiger partial charge in [-0.15, -0.1) is 0 Å². The van der Waals surface area contributed by atoms with Crippen molar-refractivity contribution in [2.45, 2.75) is 44.7 Å². The van der Waals surface area contributed by atoms with Crippen molar-refractivity contribution in [3.63, 3.8) is 0 Å². The van der Waals surface area contributed by atoms with Crippen LogP contribution in [0.25, 0.3) is 0 Å². The molecule has 1 atom stereocenters. The molecule has 6 heteroatoms. The van der Waals surface area contributed by atoms with Crippen LogP contribution in [0.15, 0.2) is 18.3 Å². The Bertz CT molecular complexity index is 582. The van der Waals surface area contributed by atoms with E-state index in [1.165, 1.54) is 38.8 Å². The van der Waals surface area contributed by atoms with Crippen LogP contribution in [0.3, 0.4) is 0 Å². The highest BCUT2D eigenvalue weighted by Crippen LogP contribution is 2.29. The molecule has 1 aromatic rings. The Labute approximate surface area is 149 Å². The molecule has 136 valence electrons. The van der Waals surface area contributed by atoms with Gasteiger partial charge in [0.15, 0.2) is 0 Å². The normalized spacial score (nSPS) is 23.8. The molecular formula is C19H28N4O2. The molecule has 0 bridgehead atoms. The zero-order valence-corrected chi connectivity index (χ0v) is 14.8. The Hall–Kier alpha value is -1.82. The molecule has 6 nitrogen and oxygen atoms in total. The summed E-state index contributed by atoms with van der Waals surface area (Å²) in [4.78, 5) is 21.2. The number of likely N-dealkylation sites (tertiary alicyclic amines) is 2. The summed E-state index contributed by atoms with van der Waals surface area (Å²) in [6.07, 6.45) is 8.05. The molecule has 2 amide bonds. The third-order valence-corrected chi connectivity index (χ3v) is 5.51. The maximum absolute atomic E-state index is 12.4. The van der Waals surface area contributed by atoms with E-state index in [1.54, 1.807) is 6.20 Å². The molecule has 0 spiro atoms. The minimum absolute atomic E-state index is 0.0377. The van der Waals surface area contributed by atoms with Crippen LogP contribution in [0, 0.1) is 5.92 Å². The molecule has 1 saturated carbocycles. The summed E-state index contributed by atoms with van der Waals surface area (Å²) in [6, 6.07) is 4.46. The van der Waals surface area contributed by atoms with Gasteiger partial charge in [-0.25, -0.2) is 9.78 Å². The number of amides is 2. The van der Waals surface area contributed by atoms with Crippen molar-refractivity contribution in [1.29, 1.82) is 0 Å². The summed E-state index contributed by atoms with van der Waals surface area (Å²) >= 11 is 0.